The number of carboxylic acids is 1. The first-order valence-corrected chi connectivity index (χ1v) is 10.1. The van der Waals surface area contributed by atoms with E-state index >= 15 is 0 Å². The Hall–Kier alpha value is -3.03. The highest BCUT2D eigenvalue weighted by molar-refractivity contribution is 5.92. The van der Waals surface area contributed by atoms with Gasteiger partial charge in [-0.25, -0.2) is 4.79 Å². The summed E-state index contributed by atoms with van der Waals surface area (Å²) in [4.78, 5) is 34.8. The number of nitrogens with one attached hydrogen (secondary N) is 1. The molecular formula is C22H27NO7. The van der Waals surface area contributed by atoms with Crippen LogP contribution < -0.4 is 20.4 Å². The van der Waals surface area contributed by atoms with Crippen molar-refractivity contribution in [3.63, 3.8) is 0 Å². The molecule has 0 bridgehead atoms. The average molecular weight is 417 g/mol. The molecule has 0 saturated heterocycles. The summed E-state index contributed by atoms with van der Waals surface area (Å²) in [6, 6.07) is 3.22. The maximum atomic E-state index is 12.2. The SMILES string of the molecule is CCCc1cc(=O)oc2c3c(cc(OCC(=O)NCCC(=O)O)c12)OC(C)(C)CC3. The number of aryl methyl sites for hydroxylation is 2. The normalized spacial score (nSPS) is 14.6. The molecule has 0 aliphatic carbocycles. The summed E-state index contributed by atoms with van der Waals surface area (Å²) in [5.74, 6) is -0.437. The molecule has 0 atom stereocenters. The molecule has 8 heteroatoms. The van der Waals surface area contributed by atoms with Crippen LogP contribution in [0.4, 0.5) is 0 Å². The summed E-state index contributed by atoms with van der Waals surface area (Å²) in [6.45, 7) is 5.72. The minimum atomic E-state index is -0.990. The third-order valence-electron chi connectivity index (χ3n) is 5.03. The second-order valence-corrected chi connectivity index (χ2v) is 8.04. The zero-order valence-corrected chi connectivity index (χ0v) is 17.5. The number of hydrogen-bond acceptors (Lipinski definition) is 6. The van der Waals surface area contributed by atoms with E-state index in [9.17, 15) is 14.4 Å². The highest BCUT2D eigenvalue weighted by atomic mass is 16.5. The van der Waals surface area contributed by atoms with E-state index in [1.54, 1.807) is 6.07 Å². The fourth-order valence-electron chi connectivity index (χ4n) is 3.60. The van der Waals surface area contributed by atoms with Crippen molar-refractivity contribution in [2.45, 2.75) is 58.5 Å². The van der Waals surface area contributed by atoms with Crippen molar-refractivity contribution in [2.75, 3.05) is 13.2 Å². The van der Waals surface area contributed by atoms with Crippen molar-refractivity contribution in [1.82, 2.24) is 5.32 Å². The highest BCUT2D eigenvalue weighted by Gasteiger charge is 2.30. The quantitative estimate of drug-likeness (QED) is 0.635. The first-order valence-electron chi connectivity index (χ1n) is 10.1. The van der Waals surface area contributed by atoms with Crippen LogP contribution in [0.2, 0.25) is 0 Å². The smallest absolute Gasteiger partial charge is 0.336 e. The minimum absolute atomic E-state index is 0.0235. The van der Waals surface area contributed by atoms with Crippen molar-refractivity contribution in [3.8, 4) is 11.5 Å². The summed E-state index contributed by atoms with van der Waals surface area (Å²) in [5, 5.41) is 11.9. The highest BCUT2D eigenvalue weighted by Crippen LogP contribution is 2.43. The number of ether oxygens (including phenoxy) is 2. The summed E-state index contributed by atoms with van der Waals surface area (Å²) in [5.41, 5.74) is 1.28. The Labute approximate surface area is 174 Å². The molecule has 1 amide bonds. The van der Waals surface area contributed by atoms with Crippen molar-refractivity contribution in [2.24, 2.45) is 0 Å². The number of fused-ring (bicyclic) bond motifs is 3. The molecule has 0 spiro atoms. The van der Waals surface area contributed by atoms with Crippen LogP contribution in [0.1, 0.15) is 51.2 Å². The Kier molecular flexibility index (Phi) is 6.34. The fraction of sp³-hybridized carbons (Fsp3) is 0.500. The van der Waals surface area contributed by atoms with E-state index < -0.39 is 17.5 Å². The van der Waals surface area contributed by atoms with E-state index in [1.165, 1.54) is 6.07 Å². The first kappa shape index (κ1) is 21.7. The third-order valence-corrected chi connectivity index (χ3v) is 5.03. The van der Waals surface area contributed by atoms with Gasteiger partial charge in [0.05, 0.1) is 11.8 Å². The number of carbonyl (C=O) groups is 2. The van der Waals surface area contributed by atoms with Crippen LogP contribution in [0.25, 0.3) is 11.0 Å². The summed E-state index contributed by atoms with van der Waals surface area (Å²) < 4.78 is 17.5. The van der Waals surface area contributed by atoms with Gasteiger partial charge in [-0.05, 0) is 38.7 Å². The van der Waals surface area contributed by atoms with Gasteiger partial charge in [0, 0.05) is 24.2 Å². The number of aliphatic carboxylic acids is 1. The van der Waals surface area contributed by atoms with Crippen molar-refractivity contribution >= 4 is 22.8 Å². The van der Waals surface area contributed by atoms with Crippen molar-refractivity contribution in [3.05, 3.63) is 33.7 Å². The van der Waals surface area contributed by atoms with E-state index in [1.807, 2.05) is 20.8 Å². The predicted octanol–water partition coefficient (Wildman–Crippen LogP) is 2.82. The Bertz CT molecular complexity index is 1020. The maximum absolute atomic E-state index is 12.2. The Morgan fingerprint density at radius 3 is 2.77 bits per heavy atom. The van der Waals surface area contributed by atoms with Crippen LogP contribution in [0.15, 0.2) is 21.3 Å². The molecule has 2 N–H and O–H groups in total. The van der Waals surface area contributed by atoms with Gasteiger partial charge in [0.25, 0.3) is 5.91 Å². The van der Waals surface area contributed by atoms with Gasteiger partial charge in [0.2, 0.25) is 0 Å². The van der Waals surface area contributed by atoms with Gasteiger partial charge < -0.3 is 24.3 Å². The number of carbonyl (C=O) groups excluding carboxylic acids is 1. The zero-order valence-electron chi connectivity index (χ0n) is 17.5. The molecule has 8 nitrogen and oxygen atoms in total. The van der Waals surface area contributed by atoms with Crippen molar-refractivity contribution in [1.29, 1.82) is 0 Å². The van der Waals surface area contributed by atoms with Crippen LogP contribution in [0.3, 0.4) is 0 Å². The molecule has 1 aromatic heterocycles. The van der Waals surface area contributed by atoms with Gasteiger partial charge in [-0.15, -0.1) is 0 Å². The molecule has 0 saturated carbocycles. The molecule has 1 aliphatic heterocycles. The standard InChI is InChI=1S/C22H27NO7/c1-4-5-13-10-19(27)29-21-14-6-8-22(2,3)30-15(14)11-16(20(13)21)28-12-17(24)23-9-7-18(25)26/h10-11H,4-9,12H2,1-3H3,(H,23,24)(H,25,26). The van der Waals surface area contributed by atoms with Crippen molar-refractivity contribution < 1.29 is 28.6 Å². The molecule has 2 aromatic rings. The van der Waals surface area contributed by atoms with Crippen LogP contribution >= 0.6 is 0 Å². The number of benzene rings is 1. The number of hydrogen-bond donors (Lipinski definition) is 2. The monoisotopic (exact) mass is 417 g/mol. The summed E-state index contributed by atoms with van der Waals surface area (Å²) in [6.07, 6.45) is 2.81. The first-order chi connectivity index (χ1) is 14.2. The number of amides is 1. The van der Waals surface area contributed by atoms with Gasteiger partial charge in [-0.3, -0.25) is 9.59 Å². The lowest BCUT2D eigenvalue weighted by atomic mass is 9.91. The fourth-order valence-corrected chi connectivity index (χ4v) is 3.60. The largest absolute Gasteiger partial charge is 0.487 e. The molecule has 2 heterocycles. The van der Waals surface area contributed by atoms with Gasteiger partial charge >= 0.3 is 11.6 Å². The summed E-state index contributed by atoms with van der Waals surface area (Å²) >= 11 is 0. The lowest BCUT2D eigenvalue weighted by Crippen LogP contribution is -2.33. The molecule has 1 aromatic carbocycles. The molecule has 0 radical (unpaired) electrons. The second-order valence-electron chi connectivity index (χ2n) is 8.04. The molecule has 162 valence electrons. The van der Waals surface area contributed by atoms with Crippen LogP contribution in [0.5, 0.6) is 11.5 Å². The lowest BCUT2D eigenvalue weighted by Gasteiger charge is -2.33. The van der Waals surface area contributed by atoms with Gasteiger partial charge in [0.1, 0.15) is 22.7 Å². The third kappa shape index (κ3) is 4.93. The Morgan fingerprint density at radius 2 is 2.07 bits per heavy atom. The lowest BCUT2D eigenvalue weighted by molar-refractivity contribution is -0.137. The maximum Gasteiger partial charge on any atom is 0.336 e. The molecule has 30 heavy (non-hydrogen) atoms. The van der Waals surface area contributed by atoms with E-state index in [0.29, 0.717) is 35.3 Å². The average Bonchev–Trinajstić information content (AvgIpc) is 2.64. The number of rotatable bonds is 8. The summed E-state index contributed by atoms with van der Waals surface area (Å²) in [7, 11) is 0. The van der Waals surface area contributed by atoms with E-state index in [4.69, 9.17) is 19.0 Å². The Balaban J connectivity index is 1.98. The topological polar surface area (TPSA) is 115 Å². The molecular weight excluding hydrogens is 390 g/mol. The molecule has 3 rings (SSSR count). The van der Waals surface area contributed by atoms with Crippen LogP contribution in [-0.4, -0.2) is 35.7 Å². The second kappa shape index (κ2) is 8.77. The van der Waals surface area contributed by atoms with Gasteiger partial charge in [0.15, 0.2) is 6.61 Å². The molecule has 1 aliphatic rings. The number of carboxylic acid groups (broad SMARTS) is 1. The predicted molar refractivity (Wildman–Crippen MR) is 110 cm³/mol. The molecule has 0 fully saturated rings. The van der Waals surface area contributed by atoms with E-state index in [0.717, 1.165) is 24.0 Å². The zero-order chi connectivity index (χ0) is 21.9. The van der Waals surface area contributed by atoms with E-state index in [-0.39, 0.29) is 25.2 Å². The van der Waals surface area contributed by atoms with Crippen LogP contribution in [0, 0.1) is 0 Å². The Morgan fingerprint density at radius 1 is 1.30 bits per heavy atom. The van der Waals surface area contributed by atoms with Crippen LogP contribution in [-0.2, 0) is 22.4 Å². The minimum Gasteiger partial charge on any atom is -0.487 e. The van der Waals surface area contributed by atoms with Gasteiger partial charge in [-0.1, -0.05) is 13.3 Å². The molecule has 0 unspecified atom stereocenters. The van der Waals surface area contributed by atoms with Gasteiger partial charge in [-0.2, -0.15) is 0 Å². The van der Waals surface area contributed by atoms with E-state index in [2.05, 4.69) is 5.32 Å².